The summed E-state index contributed by atoms with van der Waals surface area (Å²) in [5.41, 5.74) is 1.15. The second-order valence-corrected chi connectivity index (χ2v) is 5.19. The van der Waals surface area contributed by atoms with E-state index < -0.39 is 5.97 Å². The highest BCUT2D eigenvalue weighted by molar-refractivity contribution is 5.66. The van der Waals surface area contributed by atoms with Gasteiger partial charge in [0.1, 0.15) is 11.8 Å². The van der Waals surface area contributed by atoms with E-state index in [9.17, 15) is 4.79 Å². The number of hydrogen-bond donors (Lipinski definition) is 1. The minimum atomic E-state index is -0.749. The van der Waals surface area contributed by atoms with Crippen LogP contribution in [-0.4, -0.2) is 34.1 Å². The fourth-order valence-electron chi connectivity index (χ4n) is 2.56. The number of nitrogens with zero attached hydrogens (tertiary/aromatic N) is 4. The molecule has 1 N–H and O–H groups in total. The van der Waals surface area contributed by atoms with Gasteiger partial charge in [-0.1, -0.05) is 0 Å². The molecule has 2 rings (SSSR count). The maximum Gasteiger partial charge on any atom is 0.303 e. The molecule has 0 amide bonds. The topological polar surface area (TPSA) is 90.1 Å². The Labute approximate surface area is 118 Å². The lowest BCUT2D eigenvalue weighted by Gasteiger charge is -2.32. The van der Waals surface area contributed by atoms with Crippen LogP contribution in [0.15, 0.2) is 6.07 Å². The van der Waals surface area contributed by atoms with Crippen molar-refractivity contribution in [1.29, 1.82) is 5.26 Å². The number of nitriles is 1. The molecule has 1 atom stereocenters. The van der Waals surface area contributed by atoms with Crippen LogP contribution >= 0.6 is 0 Å². The fraction of sp³-hybridized carbons (Fsp3) is 0.571. The van der Waals surface area contributed by atoms with Crippen molar-refractivity contribution >= 4 is 11.9 Å². The van der Waals surface area contributed by atoms with Crippen LogP contribution in [0.3, 0.4) is 0 Å². The second kappa shape index (κ2) is 6.33. The molecule has 2 heterocycles. The number of anilines is 1. The van der Waals surface area contributed by atoms with Gasteiger partial charge in [0.25, 0.3) is 0 Å². The molecule has 0 aliphatic carbocycles. The highest BCUT2D eigenvalue weighted by Crippen LogP contribution is 2.24. The predicted molar refractivity (Wildman–Crippen MR) is 73.3 cm³/mol. The third-order valence-electron chi connectivity index (χ3n) is 3.53. The monoisotopic (exact) mass is 274 g/mol. The lowest BCUT2D eigenvalue weighted by atomic mass is 9.93. The lowest BCUT2D eigenvalue weighted by molar-refractivity contribution is -0.137. The Hall–Kier alpha value is -2.16. The Morgan fingerprint density at radius 2 is 2.40 bits per heavy atom. The van der Waals surface area contributed by atoms with Gasteiger partial charge in [-0.25, -0.2) is 9.97 Å². The Morgan fingerprint density at radius 1 is 1.60 bits per heavy atom. The number of rotatable bonds is 4. The Kier molecular flexibility index (Phi) is 4.51. The van der Waals surface area contributed by atoms with Crippen LogP contribution < -0.4 is 4.90 Å². The van der Waals surface area contributed by atoms with Crippen LogP contribution in [0.1, 0.15) is 37.1 Å². The summed E-state index contributed by atoms with van der Waals surface area (Å²) in [5.74, 6) is 0.191. The minimum Gasteiger partial charge on any atom is -0.481 e. The zero-order valence-electron chi connectivity index (χ0n) is 11.5. The van der Waals surface area contributed by atoms with Crippen molar-refractivity contribution in [3.8, 4) is 6.07 Å². The maximum absolute atomic E-state index is 10.6. The molecule has 1 aliphatic rings. The molecule has 1 unspecified atom stereocenters. The summed E-state index contributed by atoms with van der Waals surface area (Å²) in [4.78, 5) is 21.3. The van der Waals surface area contributed by atoms with Gasteiger partial charge in [0, 0.05) is 25.2 Å². The quantitative estimate of drug-likeness (QED) is 0.899. The van der Waals surface area contributed by atoms with Crippen molar-refractivity contribution in [3.63, 3.8) is 0 Å². The molecule has 1 fully saturated rings. The van der Waals surface area contributed by atoms with Crippen LogP contribution in [0, 0.1) is 24.2 Å². The predicted octanol–water partition coefficient (Wildman–Crippen LogP) is 1.74. The molecule has 0 saturated carbocycles. The maximum atomic E-state index is 10.6. The van der Waals surface area contributed by atoms with Crippen molar-refractivity contribution in [2.45, 2.75) is 32.6 Å². The van der Waals surface area contributed by atoms with Gasteiger partial charge in [0.2, 0.25) is 5.95 Å². The van der Waals surface area contributed by atoms with Crippen molar-refractivity contribution in [2.75, 3.05) is 18.0 Å². The van der Waals surface area contributed by atoms with Crippen molar-refractivity contribution in [3.05, 3.63) is 17.5 Å². The molecular weight excluding hydrogens is 256 g/mol. The molecule has 20 heavy (non-hydrogen) atoms. The number of carbonyl (C=O) groups is 1. The third-order valence-corrected chi connectivity index (χ3v) is 3.53. The zero-order chi connectivity index (χ0) is 14.5. The van der Waals surface area contributed by atoms with Crippen molar-refractivity contribution in [2.24, 2.45) is 5.92 Å². The fourth-order valence-corrected chi connectivity index (χ4v) is 2.56. The van der Waals surface area contributed by atoms with E-state index in [1.54, 1.807) is 6.07 Å². The summed E-state index contributed by atoms with van der Waals surface area (Å²) in [7, 11) is 0. The van der Waals surface area contributed by atoms with E-state index in [0.29, 0.717) is 24.0 Å². The number of aryl methyl sites for hydroxylation is 1. The summed E-state index contributed by atoms with van der Waals surface area (Å²) in [6.45, 7) is 3.47. The van der Waals surface area contributed by atoms with Gasteiger partial charge in [-0.15, -0.1) is 0 Å². The lowest BCUT2D eigenvalue weighted by Crippen LogP contribution is -2.37. The summed E-state index contributed by atoms with van der Waals surface area (Å²) in [6.07, 6.45) is 2.93. The molecule has 1 saturated heterocycles. The van der Waals surface area contributed by atoms with Gasteiger partial charge in [0.05, 0.1) is 0 Å². The van der Waals surface area contributed by atoms with E-state index in [1.807, 2.05) is 13.0 Å². The first-order valence-electron chi connectivity index (χ1n) is 6.81. The molecule has 6 heteroatoms. The minimum absolute atomic E-state index is 0.205. The molecule has 1 aromatic rings. The van der Waals surface area contributed by atoms with Crippen LogP contribution in [0.2, 0.25) is 0 Å². The highest BCUT2D eigenvalue weighted by Gasteiger charge is 2.22. The Balaban J connectivity index is 2.07. The normalized spacial score (nSPS) is 18.6. The standard InChI is InChI=1S/C14H18N4O2/c1-10-7-12(8-15)17-14(16-10)18-6-2-3-11(9-18)4-5-13(19)20/h7,11H,2-6,9H2,1H3,(H,19,20). The molecule has 0 spiro atoms. The molecule has 0 aromatic carbocycles. The molecule has 106 valence electrons. The van der Waals surface area contributed by atoms with Gasteiger partial charge >= 0.3 is 5.97 Å². The van der Waals surface area contributed by atoms with E-state index in [2.05, 4.69) is 14.9 Å². The van der Waals surface area contributed by atoms with Crippen molar-refractivity contribution in [1.82, 2.24) is 9.97 Å². The number of hydrogen-bond acceptors (Lipinski definition) is 5. The van der Waals surface area contributed by atoms with Gasteiger partial charge in [-0.05, 0) is 38.2 Å². The summed E-state index contributed by atoms with van der Waals surface area (Å²) < 4.78 is 0. The molecule has 0 bridgehead atoms. The number of carboxylic acids is 1. The van der Waals surface area contributed by atoms with Gasteiger partial charge in [0.15, 0.2) is 0 Å². The highest BCUT2D eigenvalue weighted by atomic mass is 16.4. The van der Waals surface area contributed by atoms with Crippen LogP contribution in [-0.2, 0) is 4.79 Å². The van der Waals surface area contributed by atoms with Gasteiger partial charge in [-0.3, -0.25) is 4.79 Å². The largest absolute Gasteiger partial charge is 0.481 e. The molecule has 0 radical (unpaired) electrons. The van der Waals surface area contributed by atoms with Crippen LogP contribution in [0.25, 0.3) is 0 Å². The van der Waals surface area contributed by atoms with Crippen molar-refractivity contribution < 1.29 is 9.90 Å². The molecule has 1 aromatic heterocycles. The SMILES string of the molecule is Cc1cc(C#N)nc(N2CCCC(CCC(=O)O)C2)n1. The number of aliphatic carboxylic acids is 1. The number of piperidine rings is 1. The number of carboxylic acid groups (broad SMARTS) is 1. The average molecular weight is 274 g/mol. The molecular formula is C14H18N4O2. The van der Waals surface area contributed by atoms with Crippen LogP contribution in [0.5, 0.6) is 0 Å². The molecule has 6 nitrogen and oxygen atoms in total. The first-order chi connectivity index (χ1) is 9.58. The van der Waals surface area contributed by atoms with E-state index >= 15 is 0 Å². The van der Waals surface area contributed by atoms with Crippen LogP contribution in [0.4, 0.5) is 5.95 Å². The van der Waals surface area contributed by atoms with E-state index in [1.165, 1.54) is 0 Å². The Morgan fingerprint density at radius 3 is 3.10 bits per heavy atom. The van der Waals surface area contributed by atoms with Gasteiger partial charge < -0.3 is 10.0 Å². The number of aromatic nitrogens is 2. The van der Waals surface area contributed by atoms with E-state index in [0.717, 1.165) is 31.6 Å². The first kappa shape index (κ1) is 14.3. The Bertz CT molecular complexity index is 538. The third kappa shape index (κ3) is 3.67. The molecule has 1 aliphatic heterocycles. The van der Waals surface area contributed by atoms with E-state index in [-0.39, 0.29) is 6.42 Å². The summed E-state index contributed by atoms with van der Waals surface area (Å²) in [6, 6.07) is 3.71. The average Bonchev–Trinajstić information content (AvgIpc) is 2.44. The van der Waals surface area contributed by atoms with Gasteiger partial charge in [-0.2, -0.15) is 5.26 Å². The van der Waals surface area contributed by atoms with E-state index in [4.69, 9.17) is 10.4 Å². The summed E-state index contributed by atoms with van der Waals surface area (Å²) in [5, 5.41) is 17.7. The smallest absolute Gasteiger partial charge is 0.303 e. The first-order valence-corrected chi connectivity index (χ1v) is 6.81. The second-order valence-electron chi connectivity index (χ2n) is 5.19. The summed E-state index contributed by atoms with van der Waals surface area (Å²) >= 11 is 0. The zero-order valence-corrected chi connectivity index (χ0v) is 11.5.